The van der Waals surface area contributed by atoms with Crippen LogP contribution in [0, 0.1) is 12.8 Å². The third-order valence-corrected chi connectivity index (χ3v) is 4.28. The van der Waals surface area contributed by atoms with E-state index in [-0.39, 0.29) is 11.8 Å². The van der Waals surface area contributed by atoms with Crippen molar-refractivity contribution in [2.24, 2.45) is 5.92 Å². The van der Waals surface area contributed by atoms with E-state index >= 15 is 0 Å². The Morgan fingerprint density at radius 1 is 1.27 bits per heavy atom. The number of amides is 1. The number of hydrogen-bond acceptors (Lipinski definition) is 8. The molecule has 1 aliphatic heterocycles. The molecule has 1 unspecified atom stereocenters. The van der Waals surface area contributed by atoms with Crippen molar-refractivity contribution in [2.75, 3.05) is 23.3 Å². The third kappa shape index (κ3) is 3.39. The molecule has 1 saturated heterocycles. The molecule has 1 amide bonds. The first-order valence-corrected chi connectivity index (χ1v) is 8.35. The topological polar surface area (TPSA) is 115 Å². The largest absolute Gasteiger partial charge is 0.356 e. The molecule has 3 aromatic rings. The van der Waals surface area contributed by atoms with E-state index in [0.717, 1.165) is 30.9 Å². The van der Waals surface area contributed by atoms with Gasteiger partial charge in [0.1, 0.15) is 24.8 Å². The number of nitrogens with zero attached hydrogens (tertiary/aromatic N) is 7. The van der Waals surface area contributed by atoms with Gasteiger partial charge in [0, 0.05) is 25.2 Å². The predicted octanol–water partition coefficient (Wildman–Crippen LogP) is 1.21. The maximum Gasteiger partial charge on any atom is 0.231 e. The van der Waals surface area contributed by atoms with Gasteiger partial charge >= 0.3 is 0 Å². The van der Waals surface area contributed by atoms with Crippen LogP contribution >= 0.6 is 0 Å². The zero-order valence-corrected chi connectivity index (χ0v) is 14.2. The molecule has 1 aliphatic rings. The van der Waals surface area contributed by atoms with Gasteiger partial charge in [-0.3, -0.25) is 10.1 Å². The van der Waals surface area contributed by atoms with Crippen molar-refractivity contribution in [3.8, 4) is 5.82 Å². The van der Waals surface area contributed by atoms with Gasteiger partial charge in [-0.25, -0.2) is 19.6 Å². The van der Waals surface area contributed by atoms with Gasteiger partial charge in [0.15, 0.2) is 5.82 Å². The highest BCUT2D eigenvalue weighted by molar-refractivity contribution is 5.91. The summed E-state index contributed by atoms with van der Waals surface area (Å²) in [4.78, 5) is 27.1. The number of hydrogen-bond donors (Lipinski definition) is 1. The molecule has 1 atom stereocenters. The van der Waals surface area contributed by atoms with Gasteiger partial charge in [0.2, 0.25) is 11.8 Å². The first kappa shape index (κ1) is 16.2. The lowest BCUT2D eigenvalue weighted by molar-refractivity contribution is -0.120. The lowest BCUT2D eigenvalue weighted by Gasteiger charge is -2.32. The van der Waals surface area contributed by atoms with E-state index in [1.54, 1.807) is 17.1 Å². The molecule has 0 aliphatic carbocycles. The Balaban J connectivity index is 1.46. The number of rotatable bonds is 4. The van der Waals surface area contributed by atoms with E-state index < -0.39 is 0 Å². The van der Waals surface area contributed by atoms with Crippen molar-refractivity contribution in [3.05, 3.63) is 36.8 Å². The number of carbonyl (C=O) groups excluding carboxylic acids is 1. The van der Waals surface area contributed by atoms with E-state index in [0.29, 0.717) is 18.2 Å². The van der Waals surface area contributed by atoms with Gasteiger partial charge in [-0.15, -0.1) is 0 Å². The molecule has 134 valence electrons. The smallest absolute Gasteiger partial charge is 0.231 e. The van der Waals surface area contributed by atoms with Crippen LogP contribution in [0.25, 0.3) is 5.82 Å². The number of anilines is 2. The SMILES string of the molecule is Cc1cc(NC(=O)C2CCCN(c3cc(-n4cncn4)ncn3)C2)on1. The van der Waals surface area contributed by atoms with Crippen molar-refractivity contribution in [1.82, 2.24) is 29.9 Å². The summed E-state index contributed by atoms with van der Waals surface area (Å²) in [7, 11) is 0. The van der Waals surface area contributed by atoms with Crippen molar-refractivity contribution in [1.29, 1.82) is 0 Å². The average molecular weight is 354 g/mol. The van der Waals surface area contributed by atoms with E-state index in [4.69, 9.17) is 4.52 Å². The summed E-state index contributed by atoms with van der Waals surface area (Å²) in [5.74, 6) is 1.55. The highest BCUT2D eigenvalue weighted by Crippen LogP contribution is 2.23. The summed E-state index contributed by atoms with van der Waals surface area (Å²) in [6.07, 6.45) is 6.24. The second-order valence-corrected chi connectivity index (χ2v) is 6.18. The quantitative estimate of drug-likeness (QED) is 0.743. The number of piperidine rings is 1. The van der Waals surface area contributed by atoms with Crippen LogP contribution in [0.5, 0.6) is 0 Å². The molecule has 3 aromatic heterocycles. The van der Waals surface area contributed by atoms with Gasteiger partial charge in [0.25, 0.3) is 0 Å². The zero-order valence-electron chi connectivity index (χ0n) is 14.2. The zero-order chi connectivity index (χ0) is 17.9. The van der Waals surface area contributed by atoms with Gasteiger partial charge < -0.3 is 9.42 Å². The Morgan fingerprint density at radius 2 is 2.15 bits per heavy atom. The molecule has 26 heavy (non-hydrogen) atoms. The number of carbonyl (C=O) groups is 1. The van der Waals surface area contributed by atoms with E-state index in [1.807, 2.05) is 13.0 Å². The molecular weight excluding hydrogens is 336 g/mol. The van der Waals surface area contributed by atoms with E-state index in [1.165, 1.54) is 12.7 Å². The Bertz CT molecular complexity index is 891. The highest BCUT2D eigenvalue weighted by atomic mass is 16.5. The second-order valence-electron chi connectivity index (χ2n) is 6.18. The van der Waals surface area contributed by atoms with Crippen LogP contribution in [-0.2, 0) is 4.79 Å². The minimum atomic E-state index is -0.154. The summed E-state index contributed by atoms with van der Waals surface area (Å²) in [6.45, 7) is 3.22. The molecular formula is C16H18N8O2. The van der Waals surface area contributed by atoms with Crippen molar-refractivity contribution < 1.29 is 9.32 Å². The molecule has 10 heteroatoms. The Morgan fingerprint density at radius 3 is 2.92 bits per heavy atom. The molecule has 10 nitrogen and oxygen atoms in total. The molecule has 0 saturated carbocycles. The minimum Gasteiger partial charge on any atom is -0.356 e. The highest BCUT2D eigenvalue weighted by Gasteiger charge is 2.27. The standard InChI is InChI=1S/C16H18N8O2/c1-11-5-15(26-22-11)21-16(25)12-3-2-4-23(7-12)13-6-14(19-9-18-13)24-10-17-8-20-24/h5-6,8-10,12H,2-4,7H2,1H3,(H,21,25). The van der Waals surface area contributed by atoms with Gasteiger partial charge in [-0.1, -0.05) is 5.16 Å². The van der Waals surface area contributed by atoms with Crippen LogP contribution < -0.4 is 10.2 Å². The molecule has 0 radical (unpaired) electrons. The Kier molecular flexibility index (Phi) is 4.30. The van der Waals surface area contributed by atoms with Crippen LogP contribution in [0.15, 0.2) is 35.6 Å². The summed E-state index contributed by atoms with van der Waals surface area (Å²) in [6, 6.07) is 3.54. The van der Waals surface area contributed by atoms with E-state index in [2.05, 4.69) is 35.4 Å². The number of aryl methyl sites for hydroxylation is 1. The first-order chi connectivity index (χ1) is 12.7. The molecule has 4 heterocycles. The first-order valence-electron chi connectivity index (χ1n) is 8.35. The second kappa shape index (κ2) is 6.90. The maximum absolute atomic E-state index is 12.5. The maximum atomic E-state index is 12.5. The van der Waals surface area contributed by atoms with E-state index in [9.17, 15) is 4.79 Å². The van der Waals surface area contributed by atoms with Gasteiger partial charge in [-0.05, 0) is 19.8 Å². The fourth-order valence-electron chi connectivity index (χ4n) is 3.01. The van der Waals surface area contributed by atoms with Crippen molar-refractivity contribution in [2.45, 2.75) is 19.8 Å². The lowest BCUT2D eigenvalue weighted by Crippen LogP contribution is -2.41. The Labute approximate surface area is 149 Å². The molecule has 0 spiro atoms. The van der Waals surface area contributed by atoms with Gasteiger partial charge in [-0.2, -0.15) is 5.10 Å². The molecule has 0 bridgehead atoms. The Hall–Kier alpha value is -3.30. The van der Waals surface area contributed by atoms with Crippen LogP contribution in [-0.4, -0.2) is 48.9 Å². The summed E-state index contributed by atoms with van der Waals surface area (Å²) >= 11 is 0. The molecule has 1 N–H and O–H groups in total. The predicted molar refractivity (Wildman–Crippen MR) is 91.8 cm³/mol. The van der Waals surface area contributed by atoms with Gasteiger partial charge in [0.05, 0.1) is 11.6 Å². The van der Waals surface area contributed by atoms with Crippen molar-refractivity contribution in [3.63, 3.8) is 0 Å². The van der Waals surface area contributed by atoms with Crippen LogP contribution in [0.1, 0.15) is 18.5 Å². The number of aromatic nitrogens is 6. The average Bonchev–Trinajstić information content (AvgIpc) is 3.34. The minimum absolute atomic E-state index is 0.0728. The fraction of sp³-hybridized carbons (Fsp3) is 0.375. The fourth-order valence-corrected chi connectivity index (χ4v) is 3.01. The van der Waals surface area contributed by atoms with Crippen LogP contribution in [0.2, 0.25) is 0 Å². The normalized spacial score (nSPS) is 17.3. The third-order valence-electron chi connectivity index (χ3n) is 4.28. The number of nitrogens with one attached hydrogen (secondary N) is 1. The van der Waals surface area contributed by atoms with Crippen molar-refractivity contribution >= 4 is 17.6 Å². The van der Waals surface area contributed by atoms with Crippen LogP contribution in [0.3, 0.4) is 0 Å². The monoisotopic (exact) mass is 354 g/mol. The lowest BCUT2D eigenvalue weighted by atomic mass is 9.97. The summed E-state index contributed by atoms with van der Waals surface area (Å²) in [5.41, 5.74) is 0.729. The van der Waals surface area contributed by atoms with Crippen LogP contribution in [0.4, 0.5) is 11.7 Å². The molecule has 4 rings (SSSR count). The summed E-state index contributed by atoms with van der Waals surface area (Å²) in [5, 5.41) is 10.7. The molecule has 0 aromatic carbocycles. The molecule has 1 fully saturated rings. The summed E-state index contributed by atoms with van der Waals surface area (Å²) < 4.78 is 6.64.